The molecule has 2 aliphatic rings. The second-order valence-corrected chi connectivity index (χ2v) is 6.01. The topological polar surface area (TPSA) is 50.4 Å². The maximum Gasteiger partial charge on any atom is 0.251 e. The number of benzene rings is 1. The van der Waals surface area contributed by atoms with Gasteiger partial charge in [0, 0.05) is 11.6 Å². The van der Waals surface area contributed by atoms with Gasteiger partial charge in [0.1, 0.15) is 0 Å². The smallest absolute Gasteiger partial charge is 0.251 e. The molecule has 2 N–H and O–H groups in total. The van der Waals surface area contributed by atoms with Crippen LogP contribution in [0, 0.1) is 17.7 Å². The highest BCUT2D eigenvalue weighted by atomic mass is 19.1. The molecule has 1 unspecified atom stereocenters. The highest BCUT2D eigenvalue weighted by Gasteiger charge is 2.34. The number of carbonyl (C=O) groups is 1. The quantitative estimate of drug-likeness (QED) is 0.895. The molecule has 1 saturated carbocycles. The molecule has 2 fully saturated rings. The lowest BCUT2D eigenvalue weighted by Crippen LogP contribution is -2.40. The molecule has 1 aromatic rings. The van der Waals surface area contributed by atoms with Crippen LogP contribution in [-0.2, 0) is 0 Å². The number of ether oxygens (including phenoxy) is 1. The highest BCUT2D eigenvalue weighted by Crippen LogP contribution is 2.32. The molecule has 0 spiro atoms. The molecule has 0 radical (unpaired) electrons. The summed E-state index contributed by atoms with van der Waals surface area (Å²) in [5, 5.41) is 6.45. The zero-order chi connectivity index (χ0) is 14.8. The fraction of sp³-hybridized carbons (Fsp3) is 0.562. The van der Waals surface area contributed by atoms with Gasteiger partial charge in [-0.15, -0.1) is 0 Å². The number of carbonyl (C=O) groups excluding carboxylic acids is 1. The van der Waals surface area contributed by atoms with E-state index in [1.165, 1.54) is 19.2 Å². The first-order chi connectivity index (χ1) is 10.2. The van der Waals surface area contributed by atoms with Gasteiger partial charge in [0.25, 0.3) is 5.91 Å². The summed E-state index contributed by atoms with van der Waals surface area (Å²) in [7, 11) is 1.41. The monoisotopic (exact) mass is 292 g/mol. The van der Waals surface area contributed by atoms with Crippen LogP contribution in [-0.4, -0.2) is 32.1 Å². The summed E-state index contributed by atoms with van der Waals surface area (Å²) >= 11 is 0. The first-order valence-corrected chi connectivity index (χ1v) is 7.52. The molecule has 1 aromatic carbocycles. The molecule has 3 atom stereocenters. The number of halogens is 1. The van der Waals surface area contributed by atoms with Gasteiger partial charge in [-0.1, -0.05) is 0 Å². The van der Waals surface area contributed by atoms with Gasteiger partial charge in [-0.3, -0.25) is 4.79 Å². The fourth-order valence-electron chi connectivity index (χ4n) is 3.51. The summed E-state index contributed by atoms with van der Waals surface area (Å²) < 4.78 is 18.5. The Morgan fingerprint density at radius 3 is 2.90 bits per heavy atom. The van der Waals surface area contributed by atoms with Crippen LogP contribution in [0.2, 0.25) is 0 Å². The van der Waals surface area contributed by atoms with Crippen molar-refractivity contribution < 1.29 is 13.9 Å². The van der Waals surface area contributed by atoms with Gasteiger partial charge in [0.15, 0.2) is 11.6 Å². The molecule has 4 nitrogen and oxygen atoms in total. The zero-order valence-electron chi connectivity index (χ0n) is 12.2. The van der Waals surface area contributed by atoms with Crippen molar-refractivity contribution in [3.05, 3.63) is 29.6 Å². The van der Waals surface area contributed by atoms with Crippen LogP contribution in [0.4, 0.5) is 4.39 Å². The maximum absolute atomic E-state index is 13.7. The van der Waals surface area contributed by atoms with Crippen molar-refractivity contribution in [2.24, 2.45) is 11.8 Å². The van der Waals surface area contributed by atoms with Gasteiger partial charge in [-0.25, -0.2) is 4.39 Å². The molecule has 0 aromatic heterocycles. The summed E-state index contributed by atoms with van der Waals surface area (Å²) in [6.07, 6.45) is 3.18. The van der Waals surface area contributed by atoms with Gasteiger partial charge in [-0.05, 0) is 62.4 Å². The van der Waals surface area contributed by atoms with E-state index in [1.807, 2.05) is 0 Å². The molecule has 114 valence electrons. The minimum absolute atomic E-state index is 0.157. The van der Waals surface area contributed by atoms with Gasteiger partial charge < -0.3 is 15.4 Å². The van der Waals surface area contributed by atoms with Gasteiger partial charge in [0.05, 0.1) is 7.11 Å². The maximum atomic E-state index is 13.7. The van der Waals surface area contributed by atoms with E-state index in [9.17, 15) is 9.18 Å². The molecule has 1 aliphatic heterocycles. The Kier molecular flexibility index (Phi) is 4.10. The molecule has 1 saturated heterocycles. The lowest BCUT2D eigenvalue weighted by Gasteiger charge is -2.31. The lowest BCUT2D eigenvalue weighted by molar-refractivity contribution is 0.0913. The van der Waals surface area contributed by atoms with Crippen LogP contribution in [0.15, 0.2) is 18.2 Å². The third-order valence-electron chi connectivity index (χ3n) is 4.70. The molecule has 1 heterocycles. The molecule has 1 aliphatic carbocycles. The Bertz CT molecular complexity index is 535. The van der Waals surface area contributed by atoms with Crippen molar-refractivity contribution in [2.75, 3.05) is 20.2 Å². The average molecular weight is 292 g/mol. The van der Waals surface area contributed by atoms with E-state index in [1.54, 1.807) is 6.07 Å². The largest absolute Gasteiger partial charge is 0.494 e. The first-order valence-electron chi connectivity index (χ1n) is 7.52. The second-order valence-electron chi connectivity index (χ2n) is 6.01. The summed E-state index contributed by atoms with van der Waals surface area (Å²) in [6, 6.07) is 4.52. The Labute approximate surface area is 124 Å². The number of rotatable bonds is 3. The Morgan fingerprint density at radius 2 is 2.14 bits per heavy atom. The molecule has 1 amide bonds. The van der Waals surface area contributed by atoms with E-state index in [0.29, 0.717) is 11.5 Å². The lowest BCUT2D eigenvalue weighted by atomic mass is 9.79. The van der Waals surface area contributed by atoms with Crippen LogP contribution in [0.3, 0.4) is 0 Å². The van der Waals surface area contributed by atoms with Crippen LogP contribution in [0.5, 0.6) is 5.75 Å². The average Bonchev–Trinajstić information content (AvgIpc) is 2.94. The van der Waals surface area contributed by atoms with E-state index >= 15 is 0 Å². The van der Waals surface area contributed by atoms with Crippen molar-refractivity contribution in [3.8, 4) is 5.75 Å². The summed E-state index contributed by atoms with van der Waals surface area (Å²) in [6.45, 7) is 2.16. The van der Waals surface area contributed by atoms with E-state index in [-0.39, 0.29) is 17.7 Å². The number of fused-ring (bicyclic) bond motifs is 1. The van der Waals surface area contributed by atoms with Crippen molar-refractivity contribution in [1.82, 2.24) is 10.6 Å². The highest BCUT2D eigenvalue weighted by molar-refractivity contribution is 5.94. The van der Waals surface area contributed by atoms with E-state index in [4.69, 9.17) is 4.74 Å². The number of hydrogen-bond acceptors (Lipinski definition) is 3. The second kappa shape index (κ2) is 6.02. The molecule has 3 rings (SSSR count). The van der Waals surface area contributed by atoms with Gasteiger partial charge in [0.2, 0.25) is 0 Å². The summed E-state index contributed by atoms with van der Waals surface area (Å²) in [5.74, 6) is 0.872. The number of nitrogens with one attached hydrogen (secondary N) is 2. The fourth-order valence-corrected chi connectivity index (χ4v) is 3.51. The first kappa shape index (κ1) is 14.3. The Balaban J connectivity index is 1.62. The van der Waals surface area contributed by atoms with Gasteiger partial charge in [-0.2, -0.15) is 0 Å². The van der Waals surface area contributed by atoms with Crippen molar-refractivity contribution in [1.29, 1.82) is 0 Å². The molecular formula is C16H21FN2O2. The third-order valence-corrected chi connectivity index (χ3v) is 4.70. The van der Waals surface area contributed by atoms with E-state index in [0.717, 1.165) is 38.3 Å². The normalized spacial score (nSPS) is 28.0. The predicted octanol–water partition coefficient (Wildman–Crippen LogP) is 1.95. The third kappa shape index (κ3) is 3.02. The van der Waals surface area contributed by atoms with Gasteiger partial charge >= 0.3 is 0 Å². The van der Waals surface area contributed by atoms with E-state index < -0.39 is 5.82 Å². The standard InChI is InChI=1S/C16H21FN2O2/c1-21-15-5-3-10(7-14(15)17)16(20)19-13-4-2-11-8-18-9-12(11)6-13/h3,5,7,11-13,18H,2,4,6,8-9H2,1H3,(H,19,20)/t11-,12+,13?/m0/s1. The Morgan fingerprint density at radius 1 is 1.33 bits per heavy atom. The minimum atomic E-state index is -0.506. The van der Waals surface area contributed by atoms with Crippen LogP contribution < -0.4 is 15.4 Å². The van der Waals surface area contributed by atoms with Crippen molar-refractivity contribution in [2.45, 2.75) is 25.3 Å². The van der Waals surface area contributed by atoms with Crippen molar-refractivity contribution in [3.63, 3.8) is 0 Å². The zero-order valence-corrected chi connectivity index (χ0v) is 12.2. The molecule has 21 heavy (non-hydrogen) atoms. The molecule has 5 heteroatoms. The minimum Gasteiger partial charge on any atom is -0.494 e. The number of amides is 1. The van der Waals surface area contributed by atoms with E-state index in [2.05, 4.69) is 10.6 Å². The molecular weight excluding hydrogens is 271 g/mol. The SMILES string of the molecule is COc1ccc(C(=O)NC2CC[C@H]3CNC[C@H]3C2)cc1F. The predicted molar refractivity (Wildman–Crippen MR) is 77.9 cm³/mol. The summed E-state index contributed by atoms with van der Waals surface area (Å²) in [5.41, 5.74) is 0.347. The van der Waals surface area contributed by atoms with Crippen LogP contribution in [0.25, 0.3) is 0 Å². The summed E-state index contributed by atoms with van der Waals surface area (Å²) in [4.78, 5) is 12.2. The number of hydrogen-bond donors (Lipinski definition) is 2. The number of methoxy groups -OCH3 is 1. The Hall–Kier alpha value is -1.62. The molecule has 0 bridgehead atoms. The van der Waals surface area contributed by atoms with Crippen LogP contribution >= 0.6 is 0 Å². The van der Waals surface area contributed by atoms with Crippen molar-refractivity contribution >= 4 is 5.91 Å². The van der Waals surface area contributed by atoms with Crippen LogP contribution in [0.1, 0.15) is 29.6 Å².